The second-order valence-electron chi connectivity index (χ2n) is 10.7. The first-order chi connectivity index (χ1) is 18.2. The minimum absolute atomic E-state index is 0.130. The van der Waals surface area contributed by atoms with Gasteiger partial charge in [0, 0.05) is 49.9 Å². The molecule has 190 valence electrons. The van der Waals surface area contributed by atoms with Crippen LogP contribution < -0.4 is 0 Å². The number of carbonyl (C=O) groups is 2. The Hall–Kier alpha value is -3.44. The van der Waals surface area contributed by atoms with E-state index in [0.717, 1.165) is 99.2 Å². The second-order valence-corrected chi connectivity index (χ2v) is 10.7. The van der Waals surface area contributed by atoms with E-state index in [4.69, 9.17) is 0 Å². The number of amides is 2. The van der Waals surface area contributed by atoms with Crippen LogP contribution in [0.1, 0.15) is 57.5 Å². The largest absolute Gasteiger partial charge is 0.339 e. The van der Waals surface area contributed by atoms with Crippen LogP contribution in [0.15, 0.2) is 72.8 Å². The number of hydrogen-bond donors (Lipinski definition) is 0. The molecule has 0 unspecified atom stereocenters. The molecular formula is C32H35N3O2. The van der Waals surface area contributed by atoms with Crippen molar-refractivity contribution in [3.8, 4) is 11.1 Å². The lowest BCUT2D eigenvalue weighted by atomic mass is 9.92. The van der Waals surface area contributed by atoms with Gasteiger partial charge in [-0.15, -0.1) is 0 Å². The molecule has 0 bridgehead atoms. The monoisotopic (exact) mass is 493 g/mol. The maximum absolute atomic E-state index is 13.5. The van der Waals surface area contributed by atoms with Gasteiger partial charge in [-0.3, -0.25) is 14.5 Å². The lowest BCUT2D eigenvalue weighted by Gasteiger charge is -2.41. The molecule has 0 aromatic heterocycles. The van der Waals surface area contributed by atoms with Gasteiger partial charge < -0.3 is 9.80 Å². The fourth-order valence-corrected chi connectivity index (χ4v) is 6.21. The molecule has 0 aliphatic carbocycles. The molecule has 2 amide bonds. The molecule has 6 rings (SSSR count). The smallest absolute Gasteiger partial charge is 0.254 e. The topological polar surface area (TPSA) is 43.9 Å². The number of likely N-dealkylation sites (tertiary alicyclic amines) is 2. The van der Waals surface area contributed by atoms with Crippen molar-refractivity contribution in [2.45, 2.75) is 44.7 Å². The Labute approximate surface area is 219 Å². The molecule has 0 spiro atoms. The highest BCUT2D eigenvalue weighted by Crippen LogP contribution is 2.29. The number of rotatable bonds is 5. The van der Waals surface area contributed by atoms with Gasteiger partial charge >= 0.3 is 0 Å². The van der Waals surface area contributed by atoms with Gasteiger partial charge in [-0.25, -0.2) is 0 Å². The quantitative estimate of drug-likeness (QED) is 0.488. The van der Waals surface area contributed by atoms with Gasteiger partial charge in [0.2, 0.25) is 0 Å². The predicted octanol–water partition coefficient (Wildman–Crippen LogP) is 5.25. The van der Waals surface area contributed by atoms with Crippen LogP contribution in [-0.2, 0) is 13.0 Å². The summed E-state index contributed by atoms with van der Waals surface area (Å²) < 4.78 is 0. The molecule has 0 saturated carbocycles. The highest BCUT2D eigenvalue weighted by atomic mass is 16.2. The Kier molecular flexibility index (Phi) is 6.79. The van der Waals surface area contributed by atoms with Crippen LogP contribution in [0.4, 0.5) is 0 Å². The van der Waals surface area contributed by atoms with Gasteiger partial charge in [0.1, 0.15) is 0 Å². The zero-order chi connectivity index (χ0) is 25.2. The predicted molar refractivity (Wildman–Crippen MR) is 146 cm³/mol. The van der Waals surface area contributed by atoms with Gasteiger partial charge in [-0.2, -0.15) is 0 Å². The summed E-state index contributed by atoms with van der Waals surface area (Å²) in [5.74, 6) is 0.302. The Morgan fingerprint density at radius 2 is 1.57 bits per heavy atom. The SMILES string of the molecule is O=C(c1ccc(-c2ccc3c(c2)CCN([C@@H]2CCCN(Cc4ccccc4)C2)C3=O)cc1)N1CCCC1. The molecule has 3 aromatic carbocycles. The van der Waals surface area contributed by atoms with Gasteiger partial charge in [0.05, 0.1) is 0 Å². The second kappa shape index (κ2) is 10.5. The zero-order valence-electron chi connectivity index (χ0n) is 21.4. The number of carbonyl (C=O) groups excluding carboxylic acids is 2. The number of nitrogens with zero attached hydrogens (tertiary/aromatic N) is 3. The molecule has 3 aliphatic heterocycles. The minimum Gasteiger partial charge on any atom is -0.339 e. The summed E-state index contributed by atoms with van der Waals surface area (Å²) >= 11 is 0. The number of fused-ring (bicyclic) bond motifs is 1. The number of hydrogen-bond acceptors (Lipinski definition) is 3. The average molecular weight is 494 g/mol. The first-order valence-corrected chi connectivity index (χ1v) is 13.8. The van der Waals surface area contributed by atoms with Crippen LogP contribution in [0.3, 0.4) is 0 Å². The fourth-order valence-electron chi connectivity index (χ4n) is 6.21. The summed E-state index contributed by atoms with van der Waals surface area (Å²) in [5, 5.41) is 0. The van der Waals surface area contributed by atoms with E-state index in [-0.39, 0.29) is 17.9 Å². The van der Waals surface area contributed by atoms with Crippen molar-refractivity contribution in [2.24, 2.45) is 0 Å². The first-order valence-electron chi connectivity index (χ1n) is 13.8. The molecule has 0 radical (unpaired) electrons. The first kappa shape index (κ1) is 23.9. The van der Waals surface area contributed by atoms with E-state index in [1.807, 2.05) is 35.2 Å². The van der Waals surface area contributed by atoms with Crippen molar-refractivity contribution in [3.63, 3.8) is 0 Å². The van der Waals surface area contributed by atoms with Crippen LogP contribution in [0.5, 0.6) is 0 Å². The lowest BCUT2D eigenvalue weighted by Crippen LogP contribution is -2.52. The van der Waals surface area contributed by atoms with E-state index < -0.39 is 0 Å². The number of benzene rings is 3. The van der Waals surface area contributed by atoms with Gasteiger partial charge in [0.25, 0.3) is 11.8 Å². The standard InChI is InChI=1S/C32H35N3O2/c36-31(34-18-4-5-19-34)26-12-10-25(11-13-26)27-14-15-30-28(21-27)16-20-35(32(30)37)29-9-6-17-33(23-29)22-24-7-2-1-3-8-24/h1-3,7-8,10-15,21,29H,4-6,9,16-20,22-23H2/t29-/m1/s1. The van der Waals surface area contributed by atoms with Crippen LogP contribution in [-0.4, -0.2) is 65.3 Å². The maximum atomic E-state index is 13.5. The summed E-state index contributed by atoms with van der Waals surface area (Å²) in [4.78, 5) is 32.8. The third-order valence-electron chi connectivity index (χ3n) is 8.25. The van der Waals surface area contributed by atoms with E-state index in [0.29, 0.717) is 0 Å². The van der Waals surface area contributed by atoms with Crippen LogP contribution >= 0.6 is 0 Å². The van der Waals surface area contributed by atoms with Crippen molar-refractivity contribution in [1.82, 2.24) is 14.7 Å². The van der Waals surface area contributed by atoms with Gasteiger partial charge in [0.15, 0.2) is 0 Å². The molecule has 3 aliphatic rings. The summed E-state index contributed by atoms with van der Waals surface area (Å²) in [6, 6.07) is 25.1. The fraction of sp³-hybridized carbons (Fsp3) is 0.375. The Balaban J connectivity index is 1.13. The average Bonchev–Trinajstić information content (AvgIpc) is 3.49. The van der Waals surface area contributed by atoms with Crippen molar-refractivity contribution in [3.05, 3.63) is 95.1 Å². The van der Waals surface area contributed by atoms with E-state index in [2.05, 4.69) is 52.3 Å². The molecule has 2 fully saturated rings. The van der Waals surface area contributed by atoms with Crippen molar-refractivity contribution >= 4 is 11.8 Å². The van der Waals surface area contributed by atoms with Crippen LogP contribution in [0.2, 0.25) is 0 Å². The molecule has 2 saturated heterocycles. The molecule has 5 nitrogen and oxygen atoms in total. The van der Waals surface area contributed by atoms with Gasteiger partial charge in [-0.1, -0.05) is 54.6 Å². The summed E-state index contributed by atoms with van der Waals surface area (Å²) in [7, 11) is 0. The van der Waals surface area contributed by atoms with Crippen molar-refractivity contribution < 1.29 is 9.59 Å². The van der Waals surface area contributed by atoms with Crippen LogP contribution in [0, 0.1) is 0 Å². The molecule has 5 heteroatoms. The van der Waals surface area contributed by atoms with Crippen molar-refractivity contribution in [1.29, 1.82) is 0 Å². The van der Waals surface area contributed by atoms with E-state index >= 15 is 0 Å². The summed E-state index contributed by atoms with van der Waals surface area (Å²) in [6.07, 6.45) is 5.29. The summed E-state index contributed by atoms with van der Waals surface area (Å²) in [5.41, 5.74) is 6.25. The molecular weight excluding hydrogens is 458 g/mol. The highest BCUT2D eigenvalue weighted by molar-refractivity contribution is 5.98. The van der Waals surface area contributed by atoms with Crippen LogP contribution in [0.25, 0.3) is 11.1 Å². The molecule has 0 N–H and O–H groups in total. The van der Waals surface area contributed by atoms with Gasteiger partial charge in [-0.05, 0) is 79.1 Å². The van der Waals surface area contributed by atoms with E-state index in [9.17, 15) is 9.59 Å². The molecule has 3 aromatic rings. The lowest BCUT2D eigenvalue weighted by molar-refractivity contribution is 0.0515. The normalized spacial score (nSPS) is 20.2. The summed E-state index contributed by atoms with van der Waals surface area (Å²) in [6.45, 7) is 5.49. The molecule has 1 atom stereocenters. The Morgan fingerprint density at radius 1 is 0.811 bits per heavy atom. The Morgan fingerprint density at radius 3 is 2.35 bits per heavy atom. The Bertz CT molecular complexity index is 1260. The number of piperidine rings is 1. The third kappa shape index (κ3) is 5.05. The van der Waals surface area contributed by atoms with Crippen molar-refractivity contribution in [2.75, 3.05) is 32.7 Å². The molecule has 37 heavy (non-hydrogen) atoms. The minimum atomic E-state index is 0.130. The zero-order valence-corrected chi connectivity index (χ0v) is 21.4. The maximum Gasteiger partial charge on any atom is 0.254 e. The van der Waals surface area contributed by atoms with E-state index in [1.54, 1.807) is 0 Å². The third-order valence-corrected chi connectivity index (χ3v) is 8.25. The molecule has 3 heterocycles. The van der Waals surface area contributed by atoms with E-state index in [1.165, 1.54) is 5.56 Å². The highest BCUT2D eigenvalue weighted by Gasteiger charge is 2.33.